The minimum Gasteiger partial charge on any atom is -0.356 e. The number of unbranched alkanes of at least 4 members (excludes halogenated alkanes) is 2. The van der Waals surface area contributed by atoms with Gasteiger partial charge in [-0.15, -0.1) is 0 Å². The van der Waals surface area contributed by atoms with Gasteiger partial charge in [0.2, 0.25) is 11.8 Å². The van der Waals surface area contributed by atoms with E-state index in [0.29, 0.717) is 13.1 Å². The summed E-state index contributed by atoms with van der Waals surface area (Å²) in [7, 11) is 0. The van der Waals surface area contributed by atoms with E-state index in [1.165, 1.54) is 6.92 Å². The Bertz CT molecular complexity index is 235. The van der Waals surface area contributed by atoms with Gasteiger partial charge in [0.25, 0.3) is 0 Å². The molecule has 1 N–H and O–H groups in total. The standard InChI is InChI=1S/C11H20N2O2/c1-3-4-5-6-12-11(15)10-7-13(8-10)9(2)14/h10H,3-8H2,1-2H3,(H,12,15). The van der Waals surface area contributed by atoms with E-state index >= 15 is 0 Å². The fourth-order valence-corrected chi connectivity index (χ4v) is 1.63. The van der Waals surface area contributed by atoms with E-state index < -0.39 is 0 Å². The van der Waals surface area contributed by atoms with E-state index in [1.54, 1.807) is 4.90 Å². The van der Waals surface area contributed by atoms with Crippen molar-refractivity contribution in [2.24, 2.45) is 5.92 Å². The van der Waals surface area contributed by atoms with Crippen molar-refractivity contribution >= 4 is 11.8 Å². The Morgan fingerprint density at radius 1 is 1.33 bits per heavy atom. The van der Waals surface area contributed by atoms with Crippen molar-refractivity contribution in [3.8, 4) is 0 Å². The van der Waals surface area contributed by atoms with Crippen molar-refractivity contribution in [2.45, 2.75) is 33.1 Å². The Hall–Kier alpha value is -1.06. The maximum atomic E-state index is 11.5. The predicted molar refractivity (Wildman–Crippen MR) is 58.3 cm³/mol. The zero-order chi connectivity index (χ0) is 11.3. The van der Waals surface area contributed by atoms with Crippen LogP contribution in [0.4, 0.5) is 0 Å². The molecule has 1 aliphatic rings. The van der Waals surface area contributed by atoms with E-state index in [4.69, 9.17) is 0 Å². The van der Waals surface area contributed by atoms with Gasteiger partial charge < -0.3 is 10.2 Å². The molecule has 0 aromatic carbocycles. The molecule has 4 heteroatoms. The molecule has 1 rings (SSSR count). The smallest absolute Gasteiger partial charge is 0.226 e. The summed E-state index contributed by atoms with van der Waals surface area (Å²) in [5.41, 5.74) is 0. The second-order valence-electron chi connectivity index (χ2n) is 4.12. The Kier molecular flexibility index (Phi) is 4.59. The van der Waals surface area contributed by atoms with Crippen molar-refractivity contribution in [3.63, 3.8) is 0 Å². The Balaban J connectivity index is 2.07. The van der Waals surface area contributed by atoms with E-state index in [1.807, 2.05) is 0 Å². The van der Waals surface area contributed by atoms with Gasteiger partial charge in [0.1, 0.15) is 0 Å². The van der Waals surface area contributed by atoms with Crippen LogP contribution in [0.1, 0.15) is 33.1 Å². The summed E-state index contributed by atoms with van der Waals surface area (Å²) in [6.07, 6.45) is 3.37. The second kappa shape index (κ2) is 5.73. The highest BCUT2D eigenvalue weighted by atomic mass is 16.2. The maximum absolute atomic E-state index is 11.5. The van der Waals surface area contributed by atoms with E-state index in [2.05, 4.69) is 12.2 Å². The first-order chi connectivity index (χ1) is 7.15. The van der Waals surface area contributed by atoms with E-state index in [0.717, 1.165) is 25.8 Å². The van der Waals surface area contributed by atoms with Crippen molar-refractivity contribution in [1.29, 1.82) is 0 Å². The van der Waals surface area contributed by atoms with Crippen LogP contribution in [0.2, 0.25) is 0 Å². The van der Waals surface area contributed by atoms with Crippen LogP contribution in [-0.2, 0) is 9.59 Å². The number of carbonyl (C=O) groups is 2. The topological polar surface area (TPSA) is 49.4 Å². The van der Waals surface area contributed by atoms with Crippen LogP contribution < -0.4 is 5.32 Å². The lowest BCUT2D eigenvalue weighted by Gasteiger charge is -2.37. The lowest BCUT2D eigenvalue weighted by Crippen LogP contribution is -2.55. The largest absolute Gasteiger partial charge is 0.356 e. The highest BCUT2D eigenvalue weighted by molar-refractivity contribution is 5.83. The number of carbonyl (C=O) groups excluding carboxylic acids is 2. The fourth-order valence-electron chi connectivity index (χ4n) is 1.63. The maximum Gasteiger partial charge on any atom is 0.226 e. The summed E-state index contributed by atoms with van der Waals surface area (Å²) >= 11 is 0. The number of likely N-dealkylation sites (tertiary alicyclic amines) is 1. The van der Waals surface area contributed by atoms with Gasteiger partial charge >= 0.3 is 0 Å². The lowest BCUT2D eigenvalue weighted by atomic mass is 9.99. The molecule has 0 unspecified atom stereocenters. The number of hydrogen-bond donors (Lipinski definition) is 1. The molecule has 1 aliphatic heterocycles. The molecule has 0 atom stereocenters. The average Bonchev–Trinajstić information content (AvgIpc) is 2.09. The van der Waals surface area contributed by atoms with Gasteiger partial charge in [-0.2, -0.15) is 0 Å². The minimum atomic E-state index is 0.0236. The Labute approximate surface area is 91.0 Å². The molecular formula is C11H20N2O2. The monoisotopic (exact) mass is 212 g/mol. The van der Waals surface area contributed by atoms with Gasteiger partial charge in [-0.3, -0.25) is 9.59 Å². The third-order valence-electron chi connectivity index (χ3n) is 2.78. The number of nitrogens with zero attached hydrogens (tertiary/aromatic N) is 1. The first-order valence-corrected chi connectivity index (χ1v) is 5.68. The molecule has 0 spiro atoms. The van der Waals surface area contributed by atoms with Gasteiger partial charge in [-0.25, -0.2) is 0 Å². The number of amides is 2. The molecule has 0 aromatic rings. The van der Waals surface area contributed by atoms with Crippen LogP contribution in [0.3, 0.4) is 0 Å². The fraction of sp³-hybridized carbons (Fsp3) is 0.818. The van der Waals surface area contributed by atoms with Gasteiger partial charge in [-0.05, 0) is 6.42 Å². The molecule has 4 nitrogen and oxygen atoms in total. The summed E-state index contributed by atoms with van der Waals surface area (Å²) in [6.45, 7) is 5.63. The third kappa shape index (κ3) is 3.53. The molecule has 0 aromatic heterocycles. The molecule has 2 amide bonds. The molecule has 1 heterocycles. The quantitative estimate of drug-likeness (QED) is 0.684. The highest BCUT2D eigenvalue weighted by Crippen LogP contribution is 2.15. The molecule has 0 radical (unpaired) electrons. The lowest BCUT2D eigenvalue weighted by molar-refractivity contribution is -0.141. The highest BCUT2D eigenvalue weighted by Gasteiger charge is 2.33. The van der Waals surface area contributed by atoms with Gasteiger partial charge in [0.05, 0.1) is 5.92 Å². The normalized spacial score (nSPS) is 16.0. The molecule has 15 heavy (non-hydrogen) atoms. The van der Waals surface area contributed by atoms with Crippen LogP contribution in [0.15, 0.2) is 0 Å². The Morgan fingerprint density at radius 3 is 2.53 bits per heavy atom. The van der Waals surface area contributed by atoms with Crippen molar-refractivity contribution < 1.29 is 9.59 Å². The van der Waals surface area contributed by atoms with Crippen LogP contribution in [0, 0.1) is 5.92 Å². The summed E-state index contributed by atoms with van der Waals surface area (Å²) in [4.78, 5) is 24.1. The third-order valence-corrected chi connectivity index (χ3v) is 2.78. The van der Waals surface area contributed by atoms with Crippen LogP contribution in [0.25, 0.3) is 0 Å². The molecule has 1 fully saturated rings. The van der Waals surface area contributed by atoms with Gasteiger partial charge in [0.15, 0.2) is 0 Å². The summed E-state index contributed by atoms with van der Waals surface area (Å²) in [6, 6.07) is 0. The number of nitrogens with one attached hydrogen (secondary N) is 1. The summed E-state index contributed by atoms with van der Waals surface area (Å²) < 4.78 is 0. The van der Waals surface area contributed by atoms with Crippen LogP contribution in [-0.4, -0.2) is 36.3 Å². The molecule has 1 saturated heterocycles. The van der Waals surface area contributed by atoms with E-state index in [-0.39, 0.29) is 17.7 Å². The molecule has 0 bridgehead atoms. The molecule has 86 valence electrons. The minimum absolute atomic E-state index is 0.0236. The van der Waals surface area contributed by atoms with Gasteiger partial charge in [0, 0.05) is 26.6 Å². The average molecular weight is 212 g/mol. The van der Waals surface area contributed by atoms with Crippen molar-refractivity contribution in [3.05, 3.63) is 0 Å². The van der Waals surface area contributed by atoms with Gasteiger partial charge in [-0.1, -0.05) is 19.8 Å². The molecular weight excluding hydrogens is 192 g/mol. The molecule has 0 aliphatic carbocycles. The van der Waals surface area contributed by atoms with Crippen LogP contribution >= 0.6 is 0 Å². The predicted octanol–water partition coefficient (Wildman–Crippen LogP) is 0.771. The zero-order valence-electron chi connectivity index (χ0n) is 9.58. The van der Waals surface area contributed by atoms with E-state index in [9.17, 15) is 9.59 Å². The van der Waals surface area contributed by atoms with Crippen LogP contribution in [0.5, 0.6) is 0 Å². The SMILES string of the molecule is CCCCCNC(=O)C1CN(C(C)=O)C1. The zero-order valence-corrected chi connectivity index (χ0v) is 9.58. The first kappa shape index (κ1) is 12.0. The Morgan fingerprint density at radius 2 is 2.00 bits per heavy atom. The molecule has 0 saturated carbocycles. The number of rotatable bonds is 5. The number of hydrogen-bond acceptors (Lipinski definition) is 2. The van der Waals surface area contributed by atoms with Crippen molar-refractivity contribution in [1.82, 2.24) is 10.2 Å². The summed E-state index contributed by atoms with van der Waals surface area (Å²) in [5, 5.41) is 2.90. The second-order valence-corrected chi connectivity index (χ2v) is 4.12. The summed E-state index contributed by atoms with van der Waals surface area (Å²) in [5.74, 6) is 0.184. The van der Waals surface area contributed by atoms with Crippen molar-refractivity contribution in [2.75, 3.05) is 19.6 Å². The first-order valence-electron chi connectivity index (χ1n) is 5.68.